The van der Waals surface area contributed by atoms with Gasteiger partial charge >= 0.3 is 6.03 Å². The lowest BCUT2D eigenvalue weighted by molar-refractivity contribution is 0.161. The number of primary amides is 1. The van der Waals surface area contributed by atoms with Crippen molar-refractivity contribution in [3.63, 3.8) is 0 Å². The zero-order valence-corrected chi connectivity index (χ0v) is 7.14. The van der Waals surface area contributed by atoms with Crippen LogP contribution in [0, 0.1) is 0 Å². The van der Waals surface area contributed by atoms with E-state index in [1.165, 1.54) is 0 Å². The van der Waals surface area contributed by atoms with Gasteiger partial charge in [-0.2, -0.15) is 0 Å². The largest absolute Gasteiger partial charge is 0.351 e. The monoisotopic (exact) mass is 144 g/mol. The molecule has 0 unspecified atom stereocenters. The zero-order chi connectivity index (χ0) is 8.36. The molecule has 0 aromatic rings. The van der Waals surface area contributed by atoms with Crippen molar-refractivity contribution in [1.82, 2.24) is 4.90 Å². The van der Waals surface area contributed by atoms with Crippen molar-refractivity contribution in [3.05, 3.63) is 0 Å². The lowest BCUT2D eigenvalue weighted by Crippen LogP contribution is -2.47. The first-order valence-electron chi connectivity index (χ1n) is 3.45. The Morgan fingerprint density at radius 1 is 1.60 bits per heavy atom. The summed E-state index contributed by atoms with van der Waals surface area (Å²) in [6.07, 6.45) is 0.909. The quantitative estimate of drug-likeness (QED) is 0.621. The van der Waals surface area contributed by atoms with E-state index in [0.717, 1.165) is 6.42 Å². The maximum atomic E-state index is 10.7. The molecule has 0 aliphatic heterocycles. The summed E-state index contributed by atoms with van der Waals surface area (Å²) < 4.78 is 0. The summed E-state index contributed by atoms with van der Waals surface area (Å²) in [7, 11) is 1.71. The molecule has 0 aromatic heterocycles. The molecule has 0 bridgehead atoms. The number of carbonyl (C=O) groups is 1. The van der Waals surface area contributed by atoms with Gasteiger partial charge in [0.15, 0.2) is 0 Å². The first-order valence-corrected chi connectivity index (χ1v) is 3.45. The van der Waals surface area contributed by atoms with E-state index in [9.17, 15) is 4.79 Å². The van der Waals surface area contributed by atoms with Gasteiger partial charge in [-0.15, -0.1) is 0 Å². The van der Waals surface area contributed by atoms with Crippen molar-refractivity contribution in [2.75, 3.05) is 7.05 Å². The summed E-state index contributed by atoms with van der Waals surface area (Å²) in [4.78, 5) is 12.2. The Bertz CT molecular complexity index is 132. The van der Waals surface area contributed by atoms with E-state index in [4.69, 9.17) is 5.73 Å². The van der Waals surface area contributed by atoms with E-state index in [0.29, 0.717) is 0 Å². The number of amides is 2. The SMILES string of the molecule is CCC(C)(C)N(C)C(N)=O. The second kappa shape index (κ2) is 2.90. The van der Waals surface area contributed by atoms with Gasteiger partial charge in [-0.3, -0.25) is 0 Å². The van der Waals surface area contributed by atoms with Gasteiger partial charge < -0.3 is 10.6 Å². The number of carbonyl (C=O) groups excluding carboxylic acids is 1. The Morgan fingerprint density at radius 2 is 2.00 bits per heavy atom. The van der Waals surface area contributed by atoms with Crippen LogP contribution in [0.15, 0.2) is 0 Å². The topological polar surface area (TPSA) is 46.3 Å². The van der Waals surface area contributed by atoms with Crippen molar-refractivity contribution in [2.45, 2.75) is 32.7 Å². The molecule has 0 spiro atoms. The second-order valence-corrected chi connectivity index (χ2v) is 3.06. The summed E-state index contributed by atoms with van der Waals surface area (Å²) in [5, 5.41) is 0. The van der Waals surface area contributed by atoms with Crippen LogP contribution in [0.25, 0.3) is 0 Å². The van der Waals surface area contributed by atoms with E-state index in [-0.39, 0.29) is 11.6 Å². The molecule has 0 radical (unpaired) electrons. The Kier molecular flexibility index (Phi) is 2.69. The molecule has 0 aliphatic carbocycles. The average molecular weight is 144 g/mol. The zero-order valence-electron chi connectivity index (χ0n) is 7.14. The number of rotatable bonds is 2. The van der Waals surface area contributed by atoms with Crippen LogP contribution < -0.4 is 5.73 Å². The molecule has 10 heavy (non-hydrogen) atoms. The van der Waals surface area contributed by atoms with E-state index < -0.39 is 0 Å². The third kappa shape index (κ3) is 1.90. The van der Waals surface area contributed by atoms with Gasteiger partial charge in [-0.05, 0) is 20.3 Å². The lowest BCUT2D eigenvalue weighted by Gasteiger charge is -2.33. The van der Waals surface area contributed by atoms with E-state index in [1.807, 2.05) is 20.8 Å². The molecule has 0 heterocycles. The molecule has 60 valence electrons. The van der Waals surface area contributed by atoms with Crippen LogP contribution in [-0.2, 0) is 0 Å². The van der Waals surface area contributed by atoms with E-state index >= 15 is 0 Å². The van der Waals surface area contributed by atoms with Crippen LogP contribution in [0.4, 0.5) is 4.79 Å². The average Bonchev–Trinajstić information content (AvgIpc) is 1.86. The minimum absolute atomic E-state index is 0.119. The minimum atomic E-state index is -0.369. The summed E-state index contributed by atoms with van der Waals surface area (Å²) in [5.74, 6) is 0. The Labute approximate surface area is 62.2 Å². The van der Waals surface area contributed by atoms with Crippen molar-refractivity contribution in [1.29, 1.82) is 0 Å². The molecule has 3 nitrogen and oxygen atoms in total. The van der Waals surface area contributed by atoms with Crippen LogP contribution in [0.2, 0.25) is 0 Å². The van der Waals surface area contributed by atoms with Gasteiger partial charge in [0, 0.05) is 12.6 Å². The maximum absolute atomic E-state index is 10.7. The van der Waals surface area contributed by atoms with Crippen LogP contribution in [-0.4, -0.2) is 23.5 Å². The highest BCUT2D eigenvalue weighted by atomic mass is 16.2. The van der Waals surface area contributed by atoms with Gasteiger partial charge in [0.2, 0.25) is 0 Å². The predicted octanol–water partition coefficient (Wildman–Crippen LogP) is 1.19. The Morgan fingerprint density at radius 3 is 2.10 bits per heavy atom. The molecule has 3 heteroatoms. The van der Waals surface area contributed by atoms with Gasteiger partial charge in [-0.1, -0.05) is 6.92 Å². The number of hydrogen-bond acceptors (Lipinski definition) is 1. The first kappa shape index (κ1) is 9.27. The summed E-state index contributed by atoms with van der Waals surface area (Å²) >= 11 is 0. The fourth-order valence-electron chi connectivity index (χ4n) is 0.535. The molecule has 2 N–H and O–H groups in total. The molecule has 0 saturated carbocycles. The number of nitrogens with two attached hydrogens (primary N) is 1. The van der Waals surface area contributed by atoms with Gasteiger partial charge in [-0.25, -0.2) is 4.79 Å². The normalized spacial score (nSPS) is 11.2. The third-order valence-electron chi connectivity index (χ3n) is 2.10. The second-order valence-electron chi connectivity index (χ2n) is 3.06. The van der Waals surface area contributed by atoms with E-state index in [1.54, 1.807) is 11.9 Å². The molecule has 0 atom stereocenters. The molecule has 0 rings (SSSR count). The maximum Gasteiger partial charge on any atom is 0.314 e. The molecule has 0 aliphatic rings. The summed E-state index contributed by atoms with van der Waals surface area (Å²) in [6.45, 7) is 6.00. The summed E-state index contributed by atoms with van der Waals surface area (Å²) in [5.41, 5.74) is 4.97. The highest BCUT2D eigenvalue weighted by Gasteiger charge is 2.23. The van der Waals surface area contributed by atoms with Crippen molar-refractivity contribution in [2.24, 2.45) is 5.73 Å². The fraction of sp³-hybridized carbons (Fsp3) is 0.857. The van der Waals surface area contributed by atoms with E-state index in [2.05, 4.69) is 0 Å². The third-order valence-corrected chi connectivity index (χ3v) is 2.10. The van der Waals surface area contributed by atoms with Crippen molar-refractivity contribution in [3.8, 4) is 0 Å². The highest BCUT2D eigenvalue weighted by molar-refractivity contribution is 5.72. The van der Waals surface area contributed by atoms with Crippen molar-refractivity contribution < 1.29 is 4.79 Å². The summed E-state index contributed by atoms with van der Waals surface area (Å²) in [6, 6.07) is -0.369. The van der Waals surface area contributed by atoms with Crippen LogP contribution >= 0.6 is 0 Å². The van der Waals surface area contributed by atoms with Gasteiger partial charge in [0.1, 0.15) is 0 Å². The number of urea groups is 1. The number of nitrogens with zero attached hydrogens (tertiary/aromatic N) is 1. The van der Waals surface area contributed by atoms with Gasteiger partial charge in [0.25, 0.3) is 0 Å². The van der Waals surface area contributed by atoms with Crippen LogP contribution in [0.3, 0.4) is 0 Å². The smallest absolute Gasteiger partial charge is 0.314 e. The Balaban J connectivity index is 4.17. The molecule has 0 fully saturated rings. The standard InChI is InChI=1S/C7H16N2O/c1-5-7(2,3)9(4)6(8)10/h5H2,1-4H3,(H2,8,10). The first-order chi connectivity index (χ1) is 4.41. The lowest BCUT2D eigenvalue weighted by atomic mass is 10.0. The molecule has 2 amide bonds. The van der Waals surface area contributed by atoms with Crippen LogP contribution in [0.5, 0.6) is 0 Å². The predicted molar refractivity (Wildman–Crippen MR) is 41.7 cm³/mol. The molecular formula is C7H16N2O. The Hall–Kier alpha value is -0.730. The molecule has 0 saturated heterocycles. The highest BCUT2D eigenvalue weighted by Crippen LogP contribution is 2.15. The number of hydrogen-bond donors (Lipinski definition) is 1. The van der Waals surface area contributed by atoms with Crippen LogP contribution in [0.1, 0.15) is 27.2 Å². The fourth-order valence-corrected chi connectivity index (χ4v) is 0.535. The molecule has 0 aromatic carbocycles. The van der Waals surface area contributed by atoms with Gasteiger partial charge in [0.05, 0.1) is 0 Å². The minimum Gasteiger partial charge on any atom is -0.351 e. The van der Waals surface area contributed by atoms with Crippen molar-refractivity contribution >= 4 is 6.03 Å². The molecular weight excluding hydrogens is 128 g/mol.